The summed E-state index contributed by atoms with van der Waals surface area (Å²) in [4.78, 5) is 9.95. The van der Waals surface area contributed by atoms with Crippen LogP contribution in [0.2, 0.25) is 0 Å². The number of rotatable bonds is 4. The van der Waals surface area contributed by atoms with Crippen LogP contribution in [0.1, 0.15) is 11.7 Å². The lowest BCUT2D eigenvalue weighted by Gasteiger charge is -2.15. The molecule has 0 bridgehead atoms. The first-order valence-corrected chi connectivity index (χ1v) is 7.69. The van der Waals surface area contributed by atoms with Crippen molar-refractivity contribution in [2.24, 2.45) is 0 Å². The molecule has 0 heterocycles. The van der Waals surface area contributed by atoms with Crippen LogP contribution >= 0.6 is 22.6 Å². The molecule has 0 fully saturated rings. The number of hydrogen-bond donors (Lipinski definition) is 1. The Bertz CT molecular complexity index is 530. The molecule has 1 aromatic carbocycles. The van der Waals surface area contributed by atoms with Gasteiger partial charge in [0.15, 0.2) is 9.84 Å². The minimum atomic E-state index is -3.42. The second kappa shape index (κ2) is 5.27. The Kier molecular flexibility index (Phi) is 4.44. The molecule has 8 heteroatoms. The molecular formula is C9H10INO5S. The third-order valence-electron chi connectivity index (χ3n) is 2.08. The second-order valence-electron chi connectivity index (χ2n) is 3.48. The van der Waals surface area contributed by atoms with Crippen molar-refractivity contribution in [3.05, 3.63) is 39.9 Å². The standard InChI is InChI=1S/C9H10INO5S/c1-17(15,16)9(10)8(12)6-3-2-4-7(5-6)11(13)14/h2-5,8-9,12H,1H3. The van der Waals surface area contributed by atoms with Crippen LogP contribution < -0.4 is 0 Å². The lowest BCUT2D eigenvalue weighted by Crippen LogP contribution is -2.21. The third kappa shape index (κ3) is 3.61. The SMILES string of the molecule is CS(=O)(=O)C(I)C(O)c1cccc([N+](=O)[O-])c1. The van der Waals surface area contributed by atoms with E-state index in [9.17, 15) is 23.6 Å². The smallest absolute Gasteiger partial charge is 0.269 e. The fraction of sp³-hybridized carbons (Fsp3) is 0.333. The molecule has 0 aromatic heterocycles. The molecular weight excluding hydrogens is 361 g/mol. The summed E-state index contributed by atoms with van der Waals surface area (Å²) in [6.45, 7) is 0. The van der Waals surface area contributed by atoms with E-state index in [1.807, 2.05) is 0 Å². The van der Waals surface area contributed by atoms with Crippen LogP contribution in [0, 0.1) is 10.1 Å². The fourth-order valence-electron chi connectivity index (χ4n) is 1.21. The molecule has 0 radical (unpaired) electrons. The number of nitro benzene ring substituents is 1. The van der Waals surface area contributed by atoms with E-state index < -0.39 is 24.1 Å². The topological polar surface area (TPSA) is 97.5 Å². The van der Waals surface area contributed by atoms with Gasteiger partial charge in [0.25, 0.3) is 5.69 Å². The highest BCUT2D eigenvalue weighted by Gasteiger charge is 2.28. The van der Waals surface area contributed by atoms with E-state index >= 15 is 0 Å². The number of alkyl halides is 1. The van der Waals surface area contributed by atoms with Crippen LogP contribution in [0.15, 0.2) is 24.3 Å². The molecule has 2 atom stereocenters. The molecule has 0 saturated carbocycles. The number of aliphatic hydroxyl groups excluding tert-OH is 1. The first-order chi connectivity index (χ1) is 7.73. The van der Waals surface area contributed by atoms with Crippen molar-refractivity contribution in [2.75, 3.05) is 6.26 Å². The first-order valence-electron chi connectivity index (χ1n) is 4.49. The van der Waals surface area contributed by atoms with E-state index in [0.717, 1.165) is 6.26 Å². The van der Waals surface area contributed by atoms with Crippen molar-refractivity contribution in [3.63, 3.8) is 0 Å². The quantitative estimate of drug-likeness (QED) is 0.374. The molecule has 0 spiro atoms. The Morgan fingerprint density at radius 3 is 2.53 bits per heavy atom. The van der Waals surface area contributed by atoms with Crippen molar-refractivity contribution >= 4 is 38.1 Å². The molecule has 2 unspecified atom stereocenters. The van der Waals surface area contributed by atoms with Gasteiger partial charge >= 0.3 is 0 Å². The molecule has 94 valence electrons. The highest BCUT2D eigenvalue weighted by atomic mass is 127. The van der Waals surface area contributed by atoms with E-state index in [4.69, 9.17) is 0 Å². The van der Waals surface area contributed by atoms with Gasteiger partial charge in [-0.15, -0.1) is 0 Å². The Hall–Kier alpha value is -0.740. The first kappa shape index (κ1) is 14.3. The van der Waals surface area contributed by atoms with Crippen LogP contribution in [-0.4, -0.2) is 28.0 Å². The molecule has 0 aliphatic rings. The van der Waals surface area contributed by atoms with E-state index in [0.29, 0.717) is 0 Å². The van der Waals surface area contributed by atoms with Crippen molar-refractivity contribution in [1.82, 2.24) is 0 Å². The molecule has 0 saturated heterocycles. The van der Waals surface area contributed by atoms with E-state index in [-0.39, 0.29) is 11.3 Å². The zero-order chi connectivity index (χ0) is 13.2. The van der Waals surface area contributed by atoms with Crippen LogP contribution in [0.5, 0.6) is 0 Å². The normalized spacial score (nSPS) is 15.2. The minimum Gasteiger partial charge on any atom is -0.386 e. The van der Waals surface area contributed by atoms with Crippen molar-refractivity contribution < 1.29 is 18.4 Å². The second-order valence-corrected chi connectivity index (χ2v) is 7.83. The summed E-state index contributed by atoms with van der Waals surface area (Å²) < 4.78 is 21.5. The summed E-state index contributed by atoms with van der Waals surface area (Å²) >= 11 is 1.60. The van der Waals surface area contributed by atoms with Crippen molar-refractivity contribution in [3.8, 4) is 0 Å². The number of aliphatic hydroxyl groups is 1. The summed E-state index contributed by atoms with van der Waals surface area (Å²) in [6, 6.07) is 5.30. The molecule has 1 N–H and O–H groups in total. The van der Waals surface area contributed by atoms with Gasteiger partial charge in [0.1, 0.15) is 9.36 Å². The average Bonchev–Trinajstić information content (AvgIpc) is 2.26. The van der Waals surface area contributed by atoms with Gasteiger partial charge in [-0.1, -0.05) is 34.7 Å². The van der Waals surface area contributed by atoms with E-state index in [1.165, 1.54) is 24.3 Å². The van der Waals surface area contributed by atoms with Crippen LogP contribution in [0.4, 0.5) is 5.69 Å². The van der Waals surface area contributed by atoms with Gasteiger partial charge in [-0.2, -0.15) is 0 Å². The lowest BCUT2D eigenvalue weighted by atomic mass is 10.1. The summed E-state index contributed by atoms with van der Waals surface area (Å²) in [6.07, 6.45) is -0.282. The monoisotopic (exact) mass is 371 g/mol. The van der Waals surface area contributed by atoms with Gasteiger partial charge in [-0.05, 0) is 5.56 Å². The van der Waals surface area contributed by atoms with Crippen molar-refractivity contribution in [1.29, 1.82) is 0 Å². The van der Waals surface area contributed by atoms with Gasteiger partial charge < -0.3 is 5.11 Å². The number of nitrogens with zero attached hydrogens (tertiary/aromatic N) is 1. The van der Waals surface area contributed by atoms with Crippen molar-refractivity contribution in [2.45, 2.75) is 9.36 Å². The van der Waals surface area contributed by atoms with Crippen LogP contribution in [-0.2, 0) is 9.84 Å². The maximum Gasteiger partial charge on any atom is 0.269 e. The Balaban J connectivity index is 3.09. The summed E-state index contributed by atoms with van der Waals surface area (Å²) in [7, 11) is -3.42. The zero-order valence-electron chi connectivity index (χ0n) is 8.78. The minimum absolute atomic E-state index is 0.182. The molecule has 0 amide bonds. The van der Waals surface area contributed by atoms with Gasteiger partial charge in [0.05, 0.1) is 4.92 Å². The van der Waals surface area contributed by atoms with Gasteiger partial charge in [-0.25, -0.2) is 8.42 Å². The number of hydrogen-bond acceptors (Lipinski definition) is 5. The van der Waals surface area contributed by atoms with Crippen LogP contribution in [0.3, 0.4) is 0 Å². The number of halogens is 1. The van der Waals surface area contributed by atoms with E-state index in [1.54, 1.807) is 22.6 Å². The number of benzene rings is 1. The zero-order valence-corrected chi connectivity index (χ0v) is 11.8. The Morgan fingerprint density at radius 1 is 1.47 bits per heavy atom. The number of nitro groups is 1. The van der Waals surface area contributed by atoms with Gasteiger partial charge in [0.2, 0.25) is 0 Å². The van der Waals surface area contributed by atoms with Gasteiger partial charge in [-0.3, -0.25) is 10.1 Å². The molecule has 0 aliphatic carbocycles. The highest BCUT2D eigenvalue weighted by Crippen LogP contribution is 2.28. The average molecular weight is 371 g/mol. The van der Waals surface area contributed by atoms with Gasteiger partial charge in [0, 0.05) is 18.4 Å². The third-order valence-corrected chi connectivity index (χ3v) is 6.61. The molecule has 17 heavy (non-hydrogen) atoms. The fourth-order valence-corrected chi connectivity index (χ4v) is 2.25. The number of non-ortho nitro benzene ring substituents is 1. The number of sulfone groups is 1. The maximum atomic E-state index is 11.3. The predicted molar refractivity (Wildman–Crippen MR) is 70.7 cm³/mol. The summed E-state index contributed by atoms with van der Waals surface area (Å²) in [5.74, 6) is 0. The lowest BCUT2D eigenvalue weighted by molar-refractivity contribution is -0.385. The highest BCUT2D eigenvalue weighted by molar-refractivity contribution is 14.1. The summed E-state index contributed by atoms with van der Waals surface area (Å²) in [5, 5.41) is 20.4. The maximum absolute atomic E-state index is 11.3. The van der Waals surface area contributed by atoms with E-state index in [2.05, 4.69) is 0 Å². The molecule has 0 aliphatic heterocycles. The molecule has 1 rings (SSSR count). The molecule has 1 aromatic rings. The Morgan fingerprint density at radius 2 is 2.06 bits per heavy atom. The Labute approximate surface area is 112 Å². The summed E-state index contributed by atoms with van der Waals surface area (Å²) in [5.41, 5.74) is 0.0303. The largest absolute Gasteiger partial charge is 0.386 e. The van der Waals surface area contributed by atoms with Crippen LogP contribution in [0.25, 0.3) is 0 Å². The molecule has 6 nitrogen and oxygen atoms in total. The predicted octanol–water partition coefficient (Wildman–Crippen LogP) is 1.43.